The smallest absolute Gasteiger partial charge is 0.247 e. The first-order valence-corrected chi connectivity index (χ1v) is 8.60. The van der Waals surface area contributed by atoms with Gasteiger partial charge in [0, 0.05) is 17.0 Å². The van der Waals surface area contributed by atoms with Gasteiger partial charge in [0.15, 0.2) is 0 Å². The zero-order chi connectivity index (χ0) is 16.8. The minimum atomic E-state index is -0.138. The van der Waals surface area contributed by atoms with Crippen molar-refractivity contribution in [3.63, 3.8) is 0 Å². The Kier molecular flexibility index (Phi) is 5.28. The first-order chi connectivity index (χ1) is 11.7. The molecule has 0 fully saturated rings. The summed E-state index contributed by atoms with van der Waals surface area (Å²) >= 11 is 1.61. The van der Waals surface area contributed by atoms with Crippen molar-refractivity contribution < 1.29 is 9.21 Å². The van der Waals surface area contributed by atoms with Crippen LogP contribution in [0.4, 0.5) is 5.69 Å². The van der Waals surface area contributed by atoms with Gasteiger partial charge in [0.25, 0.3) is 0 Å². The Balaban J connectivity index is 1.54. The summed E-state index contributed by atoms with van der Waals surface area (Å²) in [6, 6.07) is 17.5. The second-order valence-electron chi connectivity index (χ2n) is 5.25. The summed E-state index contributed by atoms with van der Waals surface area (Å²) in [4.78, 5) is 12.3. The van der Waals surface area contributed by atoms with E-state index in [0.717, 1.165) is 17.0 Å². The number of benzene rings is 2. The molecule has 1 heterocycles. The Hall–Kier alpha value is -2.60. The number of hydrogen-bond donors (Lipinski definition) is 1. The van der Waals surface area contributed by atoms with Gasteiger partial charge in [-0.1, -0.05) is 30.3 Å². The quantitative estimate of drug-likeness (QED) is 0.735. The summed E-state index contributed by atoms with van der Waals surface area (Å²) in [7, 11) is 0. The van der Waals surface area contributed by atoms with Gasteiger partial charge in [-0.25, -0.2) is 0 Å². The predicted octanol–water partition coefficient (Wildman–Crippen LogP) is 4.00. The number of amides is 1. The van der Waals surface area contributed by atoms with Gasteiger partial charge in [0.2, 0.25) is 18.2 Å². The maximum absolute atomic E-state index is 12.3. The van der Waals surface area contributed by atoms with Crippen LogP contribution in [0, 0.1) is 0 Å². The van der Waals surface area contributed by atoms with Crippen LogP contribution in [0.25, 0.3) is 11.5 Å². The van der Waals surface area contributed by atoms with E-state index in [9.17, 15) is 4.79 Å². The number of aromatic nitrogens is 2. The van der Waals surface area contributed by atoms with Crippen molar-refractivity contribution in [1.82, 2.24) is 10.2 Å². The molecular formula is C18H17N3O2S. The van der Waals surface area contributed by atoms with Crippen LogP contribution < -0.4 is 5.32 Å². The number of nitrogens with one attached hydrogen (secondary N) is 1. The van der Waals surface area contributed by atoms with Crippen molar-refractivity contribution in [3.8, 4) is 11.5 Å². The molecule has 0 spiro atoms. The third-order valence-electron chi connectivity index (χ3n) is 3.47. The normalized spacial score (nSPS) is 11.9. The standard InChI is InChI=1S/C18H17N3O2S/c1-13(24-11-14-5-3-2-4-6-14)17(22)20-16-9-7-15(8-10-16)18-21-19-12-23-18/h2-10,12-13H,11H2,1H3,(H,20,22)/t13-/m1/s1. The third kappa shape index (κ3) is 4.23. The number of rotatable bonds is 6. The molecule has 0 aliphatic carbocycles. The molecule has 3 aromatic rings. The Labute approximate surface area is 144 Å². The average molecular weight is 339 g/mol. The summed E-state index contributed by atoms with van der Waals surface area (Å²) < 4.78 is 5.14. The number of hydrogen-bond acceptors (Lipinski definition) is 5. The Morgan fingerprint density at radius 1 is 1.17 bits per heavy atom. The Bertz CT molecular complexity index is 774. The fraction of sp³-hybridized carbons (Fsp3) is 0.167. The van der Waals surface area contributed by atoms with Crippen molar-refractivity contribution in [1.29, 1.82) is 0 Å². The van der Waals surface area contributed by atoms with Crippen LogP contribution in [0.1, 0.15) is 12.5 Å². The van der Waals surface area contributed by atoms with Crippen LogP contribution in [0.3, 0.4) is 0 Å². The monoisotopic (exact) mass is 339 g/mol. The van der Waals surface area contributed by atoms with Crippen LogP contribution in [0.5, 0.6) is 0 Å². The zero-order valence-corrected chi connectivity index (χ0v) is 14.0. The molecule has 122 valence electrons. The second kappa shape index (κ2) is 7.79. The van der Waals surface area contributed by atoms with Crippen molar-refractivity contribution in [2.24, 2.45) is 0 Å². The maximum Gasteiger partial charge on any atom is 0.247 e. The summed E-state index contributed by atoms with van der Waals surface area (Å²) in [5, 5.41) is 10.3. The SMILES string of the molecule is C[C@@H](SCc1ccccc1)C(=O)Nc1ccc(-c2nnco2)cc1. The molecule has 5 nitrogen and oxygen atoms in total. The molecule has 1 amide bonds. The molecule has 0 saturated heterocycles. The molecule has 2 aromatic carbocycles. The molecule has 24 heavy (non-hydrogen) atoms. The molecule has 1 atom stereocenters. The van der Waals surface area contributed by atoms with Gasteiger partial charge in [-0.15, -0.1) is 22.0 Å². The zero-order valence-electron chi connectivity index (χ0n) is 13.2. The van der Waals surface area contributed by atoms with Crippen LogP contribution in [0.2, 0.25) is 0 Å². The Morgan fingerprint density at radius 2 is 1.92 bits per heavy atom. The van der Waals surface area contributed by atoms with Crippen LogP contribution in [-0.4, -0.2) is 21.4 Å². The highest BCUT2D eigenvalue weighted by Gasteiger charge is 2.14. The van der Waals surface area contributed by atoms with E-state index < -0.39 is 0 Å². The maximum atomic E-state index is 12.3. The lowest BCUT2D eigenvalue weighted by molar-refractivity contribution is -0.115. The fourth-order valence-corrected chi connectivity index (χ4v) is 2.96. The van der Waals surface area contributed by atoms with E-state index in [-0.39, 0.29) is 11.2 Å². The molecule has 1 N–H and O–H groups in total. The number of carbonyl (C=O) groups is 1. The van der Waals surface area contributed by atoms with Gasteiger partial charge in [-0.05, 0) is 36.8 Å². The summed E-state index contributed by atoms with van der Waals surface area (Å²) in [6.45, 7) is 1.91. The van der Waals surface area contributed by atoms with Crippen molar-refractivity contribution in [2.45, 2.75) is 17.9 Å². The van der Waals surface area contributed by atoms with Crippen molar-refractivity contribution >= 4 is 23.4 Å². The highest BCUT2D eigenvalue weighted by molar-refractivity contribution is 7.99. The van der Waals surface area contributed by atoms with Gasteiger partial charge in [-0.3, -0.25) is 4.79 Å². The number of anilines is 1. The molecule has 1 aromatic heterocycles. The number of carbonyl (C=O) groups excluding carboxylic acids is 1. The highest BCUT2D eigenvalue weighted by atomic mass is 32.2. The van der Waals surface area contributed by atoms with Crippen LogP contribution in [0.15, 0.2) is 65.4 Å². The van der Waals surface area contributed by atoms with Gasteiger partial charge in [0.1, 0.15) is 0 Å². The van der Waals surface area contributed by atoms with Gasteiger partial charge < -0.3 is 9.73 Å². The number of thioether (sulfide) groups is 1. The molecular weight excluding hydrogens is 322 g/mol. The predicted molar refractivity (Wildman–Crippen MR) is 95.6 cm³/mol. The fourth-order valence-electron chi connectivity index (χ4n) is 2.11. The van der Waals surface area contributed by atoms with Gasteiger partial charge in [0.05, 0.1) is 5.25 Å². The van der Waals surface area contributed by atoms with E-state index in [0.29, 0.717) is 5.89 Å². The first kappa shape index (κ1) is 16.3. The number of nitrogens with zero attached hydrogens (tertiary/aromatic N) is 2. The molecule has 0 radical (unpaired) electrons. The molecule has 0 bridgehead atoms. The lowest BCUT2D eigenvalue weighted by Crippen LogP contribution is -2.22. The second-order valence-corrected chi connectivity index (χ2v) is 6.58. The minimum Gasteiger partial charge on any atom is -0.423 e. The molecule has 0 aliphatic heterocycles. The van der Waals surface area contributed by atoms with E-state index in [1.165, 1.54) is 12.0 Å². The van der Waals surface area contributed by atoms with E-state index >= 15 is 0 Å². The van der Waals surface area contributed by atoms with E-state index in [2.05, 4.69) is 27.6 Å². The lowest BCUT2D eigenvalue weighted by atomic mass is 10.2. The summed E-state index contributed by atoms with van der Waals surface area (Å²) in [5.41, 5.74) is 2.78. The average Bonchev–Trinajstić information content (AvgIpc) is 3.16. The van der Waals surface area contributed by atoms with Crippen LogP contribution in [-0.2, 0) is 10.5 Å². The Morgan fingerprint density at radius 3 is 2.58 bits per heavy atom. The lowest BCUT2D eigenvalue weighted by Gasteiger charge is -2.12. The van der Waals surface area contributed by atoms with Gasteiger partial charge >= 0.3 is 0 Å². The molecule has 6 heteroatoms. The van der Waals surface area contributed by atoms with Gasteiger partial charge in [-0.2, -0.15) is 0 Å². The minimum absolute atomic E-state index is 0.0125. The van der Waals surface area contributed by atoms with Crippen LogP contribution >= 0.6 is 11.8 Å². The molecule has 0 saturated carbocycles. The third-order valence-corrected chi connectivity index (χ3v) is 4.69. The van der Waals surface area contributed by atoms with Crippen molar-refractivity contribution in [3.05, 3.63) is 66.6 Å². The highest BCUT2D eigenvalue weighted by Crippen LogP contribution is 2.21. The summed E-state index contributed by atoms with van der Waals surface area (Å²) in [6.07, 6.45) is 1.29. The van der Waals surface area contributed by atoms with E-state index in [4.69, 9.17) is 4.42 Å². The molecule has 3 rings (SSSR count). The largest absolute Gasteiger partial charge is 0.423 e. The molecule has 0 aliphatic rings. The molecule has 0 unspecified atom stereocenters. The van der Waals surface area contributed by atoms with E-state index in [1.807, 2.05) is 49.4 Å². The topological polar surface area (TPSA) is 68.0 Å². The van der Waals surface area contributed by atoms with Crippen molar-refractivity contribution in [2.75, 3.05) is 5.32 Å². The van der Waals surface area contributed by atoms with E-state index in [1.54, 1.807) is 11.8 Å². The first-order valence-electron chi connectivity index (χ1n) is 7.55. The summed E-state index contributed by atoms with van der Waals surface area (Å²) in [5.74, 6) is 1.26.